The number of ether oxygens (including phenoxy) is 2. The number of carboxylic acids is 1. The van der Waals surface area contributed by atoms with Crippen molar-refractivity contribution in [1.29, 1.82) is 0 Å². The molecule has 0 aromatic rings. The van der Waals surface area contributed by atoms with Gasteiger partial charge < -0.3 is 49.0 Å². The van der Waals surface area contributed by atoms with E-state index in [9.17, 15) is 153 Å². The van der Waals surface area contributed by atoms with Gasteiger partial charge in [-0.2, -0.15) is 0 Å². The number of hydrogen-bond acceptors (Lipinski definition) is 39. The number of nitrogens with zero attached hydrogens (tertiary/aromatic N) is 9. The van der Waals surface area contributed by atoms with Crippen LogP contribution in [0, 0.1) is 35.5 Å². The lowest BCUT2D eigenvalue weighted by Crippen LogP contribution is -2.39. The molecule has 51 heteroatoms. The topological polar surface area (TPSA) is 684 Å². The van der Waals surface area contributed by atoms with Gasteiger partial charge in [0, 0.05) is 160 Å². The zero-order valence-corrected chi connectivity index (χ0v) is 82.9. The van der Waals surface area contributed by atoms with E-state index >= 15 is 0 Å². The number of likely N-dealkylation sites (tertiary alicyclic amines) is 4. The number of ketones is 4. The molecule has 0 radical (unpaired) electrons. The van der Waals surface area contributed by atoms with E-state index in [1.165, 1.54) is 36.1 Å². The number of unbranched alkanes of at least 4 members (excludes halogenated alkanes) is 3. The van der Waals surface area contributed by atoms with E-state index in [0.717, 1.165) is 86.3 Å². The largest absolute Gasteiger partial charge is 0.481 e. The number of hydroxylamine groups is 10. The lowest BCUT2D eigenvalue weighted by Gasteiger charge is -2.29. The maximum Gasteiger partial charge on any atom is 0.432 e. The van der Waals surface area contributed by atoms with Crippen molar-refractivity contribution in [1.82, 2.24) is 55.5 Å². The van der Waals surface area contributed by atoms with Gasteiger partial charge in [-0.05, 0) is 94.2 Å². The molecule has 51 nitrogen and oxygen atoms in total. The van der Waals surface area contributed by atoms with Gasteiger partial charge in [0.05, 0.1) is 48.5 Å². The summed E-state index contributed by atoms with van der Waals surface area (Å²) in [6.07, 6.45) is 23.0. The first kappa shape index (κ1) is 127. The third kappa shape index (κ3) is 42.6. The number of nitrogens with one attached hydrogen (secondary N) is 2. The van der Waals surface area contributed by atoms with Crippen molar-refractivity contribution in [2.45, 2.75) is 225 Å². The van der Waals surface area contributed by atoms with E-state index in [1.807, 2.05) is 5.32 Å². The highest BCUT2D eigenvalue weighted by Gasteiger charge is 2.52. The molecule has 2 saturated carbocycles. The Kier molecular flexibility index (Phi) is 56.2. The molecule has 10 aliphatic heterocycles. The number of amides is 21. The van der Waals surface area contributed by atoms with Crippen molar-refractivity contribution in [3.63, 3.8) is 0 Å². The number of fused-ring (bicyclic) bond motifs is 2. The van der Waals surface area contributed by atoms with Crippen LogP contribution in [-0.2, 0) is 182 Å². The average Bonchev–Trinajstić information content (AvgIpc) is 1.64. The monoisotopic (exact) mass is 2100 g/mol. The van der Waals surface area contributed by atoms with Crippen LogP contribution < -0.4 is 10.6 Å². The Labute approximate surface area is 859 Å². The first-order valence-electron chi connectivity index (χ1n) is 47.4. The number of carboxylic acid groups (broad SMARTS) is 1. The number of allylic oxidation sites excluding steroid dienone is 4. The van der Waals surface area contributed by atoms with E-state index in [2.05, 4.69) is 99.9 Å². The van der Waals surface area contributed by atoms with Gasteiger partial charge in [-0.15, -0.1) is 25.3 Å². The fourth-order valence-corrected chi connectivity index (χ4v) is 14.8. The summed E-state index contributed by atoms with van der Waals surface area (Å²) in [6.45, 7) is 35.6. The SMILES string of the molecule is C=CC(=O)CC(C)C(=O)ON1C(=O)CCC1=O.C=CC(=O)CCCCCCC(=O)ON1C(=O)C2CCCCC2C1=O.C=CC(=O)CCCN1C(=O)CCC1=O.C=CC(=O)CCN1C(=O)CCC1=O.C=CC(=O)N1C(=O)CCC1=O.C=CC(=O)N1CCC(C(=O)O)CC1.C=CC(=O)OC1CC(=O)NC1=O.C=CC(=O)OCCNC(=O)ON1C(=O)CCC1=O.C=CC(=O)ON1C(=O)C2CCCCC2C1=O.C=CC(=O)ON1C(=O)CCC1=O. The lowest BCUT2D eigenvalue weighted by molar-refractivity contribution is -0.200. The molecule has 12 aliphatic rings. The third-order valence-corrected chi connectivity index (χ3v) is 22.8. The van der Waals surface area contributed by atoms with E-state index in [0.29, 0.717) is 127 Å². The number of aliphatic carboxylic acids is 1. The van der Waals surface area contributed by atoms with E-state index in [-0.39, 0.29) is 215 Å². The minimum atomic E-state index is -0.983. The van der Waals surface area contributed by atoms with Crippen LogP contribution in [0.2, 0.25) is 0 Å². The minimum Gasteiger partial charge on any atom is -0.481 e. The van der Waals surface area contributed by atoms with Crippen LogP contribution in [0.3, 0.4) is 0 Å². The van der Waals surface area contributed by atoms with Crippen molar-refractivity contribution in [2.75, 3.05) is 39.3 Å². The number of carbonyl (C=O) groups is 32. The molecule has 6 unspecified atom stereocenters. The van der Waals surface area contributed by atoms with Crippen LogP contribution in [0.5, 0.6) is 0 Å². The second-order valence-corrected chi connectivity index (χ2v) is 33.4. The van der Waals surface area contributed by atoms with Gasteiger partial charge in [0.1, 0.15) is 6.61 Å². The molecule has 0 spiro atoms. The number of carbonyl (C=O) groups excluding carboxylic acids is 31. The zero-order chi connectivity index (χ0) is 113. The molecule has 2 aliphatic carbocycles. The fraction of sp³-hybridized carbons (Fsp3) is 0.475. The summed E-state index contributed by atoms with van der Waals surface area (Å²) in [5, 5.41) is 15.6. The highest BCUT2D eigenvalue weighted by Crippen LogP contribution is 2.40. The van der Waals surface area contributed by atoms with Crippen LogP contribution in [0.4, 0.5) is 4.79 Å². The smallest absolute Gasteiger partial charge is 0.432 e. The summed E-state index contributed by atoms with van der Waals surface area (Å²) in [5.41, 5.74) is 0. The summed E-state index contributed by atoms with van der Waals surface area (Å²) in [6, 6.07) is 0. The first-order chi connectivity index (χ1) is 71.1. The Morgan fingerprint density at radius 2 is 0.733 bits per heavy atom. The van der Waals surface area contributed by atoms with Crippen LogP contribution in [0.1, 0.15) is 219 Å². The molecular formula is C99H121N11O40. The Morgan fingerprint density at radius 3 is 1.12 bits per heavy atom. The van der Waals surface area contributed by atoms with E-state index < -0.39 is 125 Å². The number of piperidine rings is 1. The summed E-state index contributed by atoms with van der Waals surface area (Å²) in [5.74, 6) is -15.5. The van der Waals surface area contributed by atoms with Crippen molar-refractivity contribution in [3.8, 4) is 0 Å². The maximum atomic E-state index is 12.2. The number of hydrogen-bond donors (Lipinski definition) is 3. The van der Waals surface area contributed by atoms with Crippen LogP contribution in [0.15, 0.2) is 127 Å². The minimum absolute atomic E-state index is 0.00532. The zero-order valence-electron chi connectivity index (χ0n) is 82.9. The molecule has 10 saturated heterocycles. The highest BCUT2D eigenvalue weighted by atomic mass is 16.7. The highest BCUT2D eigenvalue weighted by molar-refractivity contribution is 6.18. The first-order valence-corrected chi connectivity index (χ1v) is 47.4. The molecule has 3 N–H and O–H groups in total. The number of esters is 2. The predicted octanol–water partition coefficient (Wildman–Crippen LogP) is 3.61. The Bertz CT molecular complexity index is 5160. The van der Waals surface area contributed by atoms with Crippen molar-refractivity contribution >= 4 is 189 Å². The Morgan fingerprint density at radius 1 is 0.373 bits per heavy atom. The van der Waals surface area contributed by atoms with Crippen molar-refractivity contribution < 1.29 is 192 Å². The van der Waals surface area contributed by atoms with Crippen LogP contribution in [-0.4, -0.2) is 285 Å². The number of imide groups is 11. The maximum absolute atomic E-state index is 12.2. The lowest BCUT2D eigenvalue weighted by atomic mass is 9.81. The molecule has 12 rings (SSSR count). The summed E-state index contributed by atoms with van der Waals surface area (Å²) < 4.78 is 9.13. The van der Waals surface area contributed by atoms with Crippen molar-refractivity contribution in [2.24, 2.45) is 35.5 Å². The third-order valence-electron chi connectivity index (χ3n) is 22.8. The van der Waals surface area contributed by atoms with Gasteiger partial charge in [0.25, 0.3) is 70.9 Å². The van der Waals surface area contributed by atoms with E-state index in [4.69, 9.17) is 9.94 Å². The summed E-state index contributed by atoms with van der Waals surface area (Å²) in [7, 11) is 0. The molecule has 10 heterocycles. The van der Waals surface area contributed by atoms with Crippen molar-refractivity contribution in [3.05, 3.63) is 127 Å². The predicted molar refractivity (Wildman–Crippen MR) is 508 cm³/mol. The van der Waals surface area contributed by atoms with Gasteiger partial charge in [0.15, 0.2) is 29.2 Å². The Hall–Kier alpha value is -17.0. The number of rotatable bonds is 37. The summed E-state index contributed by atoms with van der Waals surface area (Å²) in [4.78, 5) is 383. The van der Waals surface area contributed by atoms with Gasteiger partial charge in [-0.1, -0.05) is 111 Å². The molecule has 6 atom stereocenters. The second kappa shape index (κ2) is 66.2. The molecule has 0 bridgehead atoms. The molecule has 812 valence electrons. The second-order valence-electron chi connectivity index (χ2n) is 33.4. The van der Waals surface area contributed by atoms with Gasteiger partial charge in [-0.25, -0.2) is 38.5 Å². The molecule has 0 aromatic carbocycles. The van der Waals surface area contributed by atoms with E-state index in [1.54, 1.807) is 4.90 Å². The van der Waals surface area contributed by atoms with Crippen LogP contribution in [0.25, 0.3) is 0 Å². The average molecular weight is 2110 g/mol. The quantitative estimate of drug-likeness (QED) is 0.0346. The molecule has 0 aromatic heterocycles. The summed E-state index contributed by atoms with van der Waals surface area (Å²) >= 11 is 0. The van der Waals surface area contributed by atoms with Gasteiger partial charge >= 0.3 is 47.9 Å². The molecule has 150 heavy (non-hydrogen) atoms. The fourth-order valence-electron chi connectivity index (χ4n) is 14.8. The Balaban J connectivity index is 0.000000431. The molecule has 21 amide bonds. The molecular weight excluding hydrogens is 1980 g/mol. The normalized spacial score (nSPS) is 19.3. The molecule has 12 fully saturated rings. The van der Waals surface area contributed by atoms with Gasteiger partial charge in [-0.3, -0.25) is 135 Å². The van der Waals surface area contributed by atoms with Gasteiger partial charge in [0.2, 0.25) is 47.3 Å². The van der Waals surface area contributed by atoms with Crippen LogP contribution >= 0.6 is 0 Å². The standard InChI is InChI=1S/C18H25NO5.C11H13NO5.C11H13NO4.C10H12N2O6.C10H13NO3.C9H13NO3.C9H11NO3.2C7H7NO4.C7H7NO3/c1-2-13(20)9-5-3-4-6-12-16(21)24-19-17(22)14-10-7-8-11-15(14)18(19)23;1-3-8(13)6-7(2)11(16)17-12-9(14)4-5-10(12)15;1-2-9(13)16-12-10(14)7-5-3-4-6-8(7)11(12)15;1-2-9(15)17-6-5-11-10(16)18-12-7(13)3-4-8(12)14;1-2-8(12)4-3-7-11-9(13)5-6-10(11)14;1-2-8(11)10-5-3-7(4-6-10)9(12)13;1-2-7(11)5-6-10-8(12)3-4-9(10)13;1-2-7(11)12-8-5(9)3-4-6(8)10;1-2-6(10)12-4-3-5(9)8-7(4)11;1-2-5(9)8-6(10)3-4-7(8)11/h2,14-15H,1,3-12H2;3,7H,1,4-6H2,2H3;2,7-8H,1,3-6H2;2H,1,3-6H2,(H,11,16);2H,1,3-7H2;2,7H,1,3-6H2,(H,12,13);2H,1,3-6H2;2H,1,3-4H2;2,4H,1,3H2,(H,8,9,11);2H,1,3-4H2.